The zero-order valence-corrected chi connectivity index (χ0v) is 24.9. The maximum Gasteiger partial charge on any atom is 0.255 e. The number of primary amides is 1. The van der Waals surface area contributed by atoms with Gasteiger partial charge in [0.05, 0.1) is 40.4 Å². The number of hydrogen-bond acceptors (Lipinski definition) is 7. The Morgan fingerprint density at radius 2 is 1.20 bits per heavy atom. The number of Topliss-reactive ketones (excluding diaryl/α,β-unsaturated/α-hetero) is 1. The predicted octanol–water partition coefficient (Wildman–Crippen LogP) is 5.05. The number of ether oxygens (including phenoxy) is 4. The number of nitrogens with zero attached hydrogens (tertiary/aromatic N) is 1. The second kappa shape index (κ2) is 12.9. The lowest BCUT2D eigenvalue weighted by Crippen LogP contribution is -2.46. The maximum atomic E-state index is 14.6. The first kappa shape index (κ1) is 30.2. The number of benzene rings is 4. The Bertz CT molecular complexity index is 1640. The molecule has 226 valence electrons. The van der Waals surface area contributed by atoms with Crippen molar-refractivity contribution in [1.82, 2.24) is 4.90 Å². The second-order valence-electron chi connectivity index (χ2n) is 10.4. The molecule has 9 heteroatoms. The molecule has 4 unspecified atom stereocenters. The number of rotatable bonds is 10. The molecule has 4 aromatic carbocycles. The fraction of sp³-hybridized carbons (Fsp3) is 0.229. The minimum Gasteiger partial charge on any atom is -0.497 e. The fourth-order valence-electron chi connectivity index (χ4n) is 6.09. The van der Waals surface area contributed by atoms with Gasteiger partial charge in [-0.15, -0.1) is 0 Å². The molecule has 1 aliphatic heterocycles. The number of carbonyl (C=O) groups excluding carboxylic acids is 3. The van der Waals surface area contributed by atoms with E-state index in [1.165, 1.54) is 19.1 Å². The SMILES string of the molecule is COc1ccc(C(=O)C2C(c3ccccc3)C(C(N)=O)N(C(=O)c3ccc(OC)c(OC)c3)C2c2ccc(OC)cc2)cc1. The second-order valence-corrected chi connectivity index (χ2v) is 10.4. The topological polar surface area (TPSA) is 117 Å². The summed E-state index contributed by atoms with van der Waals surface area (Å²) in [7, 11) is 6.09. The molecule has 5 rings (SSSR count). The van der Waals surface area contributed by atoms with E-state index in [9.17, 15) is 14.4 Å². The molecule has 1 aliphatic rings. The van der Waals surface area contributed by atoms with Crippen LogP contribution >= 0.6 is 0 Å². The van der Waals surface area contributed by atoms with E-state index in [0.29, 0.717) is 39.7 Å². The molecule has 2 amide bonds. The number of likely N-dealkylation sites (tertiary alicyclic amines) is 1. The third-order valence-corrected chi connectivity index (χ3v) is 8.14. The van der Waals surface area contributed by atoms with Crippen LogP contribution < -0.4 is 24.7 Å². The Labute approximate surface area is 256 Å². The average Bonchev–Trinajstić information content (AvgIpc) is 3.44. The summed E-state index contributed by atoms with van der Waals surface area (Å²) in [5.74, 6) is -1.08. The van der Waals surface area contributed by atoms with Gasteiger partial charge in [-0.25, -0.2) is 0 Å². The van der Waals surface area contributed by atoms with Crippen LogP contribution in [0.3, 0.4) is 0 Å². The van der Waals surface area contributed by atoms with Crippen molar-refractivity contribution in [2.45, 2.75) is 18.0 Å². The maximum absolute atomic E-state index is 14.6. The first-order chi connectivity index (χ1) is 21.3. The van der Waals surface area contributed by atoms with Gasteiger partial charge in [0.1, 0.15) is 17.5 Å². The quantitative estimate of drug-likeness (QED) is 0.255. The van der Waals surface area contributed by atoms with Gasteiger partial charge in [-0.05, 0) is 65.7 Å². The van der Waals surface area contributed by atoms with E-state index < -0.39 is 35.7 Å². The van der Waals surface area contributed by atoms with Gasteiger partial charge in [-0.2, -0.15) is 0 Å². The van der Waals surface area contributed by atoms with Gasteiger partial charge >= 0.3 is 0 Å². The van der Waals surface area contributed by atoms with Crippen LogP contribution in [0.25, 0.3) is 0 Å². The van der Waals surface area contributed by atoms with Gasteiger partial charge in [0.2, 0.25) is 5.91 Å². The molecule has 0 radical (unpaired) electrons. The lowest BCUT2D eigenvalue weighted by molar-refractivity contribution is -0.122. The first-order valence-corrected chi connectivity index (χ1v) is 14.0. The van der Waals surface area contributed by atoms with Crippen LogP contribution in [-0.4, -0.2) is 57.0 Å². The van der Waals surface area contributed by atoms with Gasteiger partial charge in [0.15, 0.2) is 17.3 Å². The molecule has 44 heavy (non-hydrogen) atoms. The summed E-state index contributed by atoms with van der Waals surface area (Å²) >= 11 is 0. The van der Waals surface area contributed by atoms with Crippen molar-refractivity contribution in [3.63, 3.8) is 0 Å². The fourth-order valence-corrected chi connectivity index (χ4v) is 6.09. The molecule has 1 heterocycles. The largest absolute Gasteiger partial charge is 0.497 e. The molecule has 9 nitrogen and oxygen atoms in total. The highest BCUT2D eigenvalue weighted by Gasteiger charge is 2.57. The number of carbonyl (C=O) groups is 3. The zero-order chi connectivity index (χ0) is 31.4. The van der Waals surface area contributed by atoms with Gasteiger partial charge in [0.25, 0.3) is 5.91 Å². The third-order valence-electron chi connectivity index (χ3n) is 8.14. The van der Waals surface area contributed by atoms with Gasteiger partial charge in [0, 0.05) is 17.0 Å². The van der Waals surface area contributed by atoms with E-state index in [0.717, 1.165) is 0 Å². The number of amides is 2. The van der Waals surface area contributed by atoms with Crippen molar-refractivity contribution >= 4 is 17.6 Å². The summed E-state index contributed by atoms with van der Waals surface area (Å²) in [5.41, 5.74) is 8.16. The molecule has 0 saturated carbocycles. The highest BCUT2D eigenvalue weighted by atomic mass is 16.5. The summed E-state index contributed by atoms with van der Waals surface area (Å²) in [6.07, 6.45) is 0. The molecule has 1 saturated heterocycles. The van der Waals surface area contributed by atoms with Crippen molar-refractivity contribution < 1.29 is 33.3 Å². The van der Waals surface area contributed by atoms with Crippen molar-refractivity contribution in [3.8, 4) is 23.0 Å². The molecule has 0 bridgehead atoms. The summed E-state index contributed by atoms with van der Waals surface area (Å²) in [5, 5.41) is 0. The number of ketones is 1. The predicted molar refractivity (Wildman–Crippen MR) is 164 cm³/mol. The van der Waals surface area contributed by atoms with Crippen molar-refractivity contribution in [3.05, 3.63) is 119 Å². The molecule has 0 spiro atoms. The molecular weight excluding hydrogens is 560 g/mol. The molecule has 4 aromatic rings. The third kappa shape index (κ3) is 5.56. The van der Waals surface area contributed by atoms with Crippen LogP contribution in [0.2, 0.25) is 0 Å². The molecule has 2 N–H and O–H groups in total. The van der Waals surface area contributed by atoms with Crippen LogP contribution in [0, 0.1) is 5.92 Å². The van der Waals surface area contributed by atoms with Crippen LogP contribution in [0.1, 0.15) is 43.8 Å². The van der Waals surface area contributed by atoms with Gasteiger partial charge < -0.3 is 29.6 Å². The highest BCUT2D eigenvalue weighted by Crippen LogP contribution is 2.52. The monoisotopic (exact) mass is 594 g/mol. The summed E-state index contributed by atoms with van der Waals surface area (Å²) in [4.78, 5) is 44.1. The summed E-state index contributed by atoms with van der Waals surface area (Å²) in [6.45, 7) is 0. The van der Waals surface area contributed by atoms with Crippen LogP contribution in [0.15, 0.2) is 97.1 Å². The van der Waals surface area contributed by atoms with Gasteiger partial charge in [-0.1, -0.05) is 42.5 Å². The number of hydrogen-bond donors (Lipinski definition) is 1. The lowest BCUT2D eigenvalue weighted by Gasteiger charge is -2.31. The smallest absolute Gasteiger partial charge is 0.255 e. The lowest BCUT2D eigenvalue weighted by atomic mass is 9.76. The molecule has 1 fully saturated rings. The minimum atomic E-state index is -1.16. The van der Waals surface area contributed by atoms with E-state index in [1.54, 1.807) is 80.9 Å². The standard InChI is InChI=1S/C35H34N2O7/c1-41-25-15-10-22(11-16-25)31-30(33(38)23-12-17-26(42-2)18-13-23)29(21-8-6-5-7-9-21)32(34(36)39)37(31)35(40)24-14-19-27(43-3)28(20-24)44-4/h5-20,29-32H,1-4H3,(H2,36,39). The summed E-state index contributed by atoms with van der Waals surface area (Å²) in [6, 6.07) is 25.9. The number of methoxy groups -OCH3 is 4. The van der Waals surface area contributed by atoms with Crippen LogP contribution in [-0.2, 0) is 4.79 Å². The molecule has 0 aliphatic carbocycles. The first-order valence-electron chi connectivity index (χ1n) is 14.0. The van der Waals surface area contributed by atoms with Crippen molar-refractivity contribution in [1.29, 1.82) is 0 Å². The Balaban J connectivity index is 1.75. The summed E-state index contributed by atoms with van der Waals surface area (Å²) < 4.78 is 21.5. The van der Waals surface area contributed by atoms with E-state index in [1.807, 2.05) is 30.3 Å². The van der Waals surface area contributed by atoms with E-state index in [2.05, 4.69) is 0 Å². The van der Waals surface area contributed by atoms with Crippen LogP contribution in [0.4, 0.5) is 0 Å². The van der Waals surface area contributed by atoms with E-state index in [-0.39, 0.29) is 11.3 Å². The molecule has 0 aromatic heterocycles. The van der Waals surface area contributed by atoms with Crippen molar-refractivity contribution in [2.24, 2.45) is 11.7 Å². The minimum absolute atomic E-state index is 0.240. The Kier molecular flexibility index (Phi) is 8.85. The molecule has 4 atom stereocenters. The van der Waals surface area contributed by atoms with E-state index >= 15 is 0 Å². The van der Waals surface area contributed by atoms with Gasteiger partial charge in [-0.3, -0.25) is 14.4 Å². The zero-order valence-electron chi connectivity index (χ0n) is 24.9. The van der Waals surface area contributed by atoms with Crippen LogP contribution in [0.5, 0.6) is 23.0 Å². The Morgan fingerprint density at radius 3 is 1.75 bits per heavy atom. The number of nitrogens with two attached hydrogens (primary N) is 1. The Morgan fingerprint density at radius 1 is 0.636 bits per heavy atom. The highest BCUT2D eigenvalue weighted by molar-refractivity contribution is 6.04. The van der Waals surface area contributed by atoms with E-state index in [4.69, 9.17) is 24.7 Å². The average molecular weight is 595 g/mol. The molecular formula is C35H34N2O7. The normalized spacial score (nSPS) is 19.2. The van der Waals surface area contributed by atoms with Crippen molar-refractivity contribution in [2.75, 3.05) is 28.4 Å². The Hall–Kier alpha value is -5.31.